The lowest BCUT2D eigenvalue weighted by atomic mass is 10.1. The molecule has 0 saturated carbocycles. The van der Waals surface area contributed by atoms with E-state index in [1.165, 1.54) is 6.20 Å². The monoisotopic (exact) mass is 208 g/mol. The molecule has 0 aromatic carbocycles. The van der Waals surface area contributed by atoms with E-state index in [0.29, 0.717) is 0 Å². The number of halogens is 1. The van der Waals surface area contributed by atoms with Crippen molar-refractivity contribution in [2.75, 3.05) is 6.61 Å². The van der Waals surface area contributed by atoms with Crippen molar-refractivity contribution in [3.8, 4) is 6.07 Å². The van der Waals surface area contributed by atoms with Crippen molar-refractivity contribution in [3.63, 3.8) is 0 Å². The Labute approximate surface area is 86.3 Å². The first-order chi connectivity index (χ1) is 7.19. The molecule has 1 aromatic rings. The molecule has 1 aromatic heterocycles. The van der Waals surface area contributed by atoms with E-state index in [-0.39, 0.29) is 24.2 Å². The topological polar surface area (TPSA) is 63.0 Å². The first-order valence-corrected chi connectivity index (χ1v) is 4.37. The molecule has 0 saturated heterocycles. The molecular formula is C10H9FN2O2. The molecule has 1 heterocycles. The van der Waals surface area contributed by atoms with Gasteiger partial charge in [0.1, 0.15) is 6.07 Å². The van der Waals surface area contributed by atoms with Crippen molar-refractivity contribution in [2.24, 2.45) is 0 Å². The normalized spacial score (nSPS) is 9.40. The standard InChI is InChI=1S/C10H9FN2O2/c1-2-15-10(14)3-7-5-13-6-9(11)8(7)4-12/h5-6H,2-3H2,1H3. The maximum absolute atomic E-state index is 13.0. The summed E-state index contributed by atoms with van der Waals surface area (Å²) in [7, 11) is 0. The van der Waals surface area contributed by atoms with Crippen LogP contribution >= 0.6 is 0 Å². The van der Waals surface area contributed by atoms with Gasteiger partial charge in [0.25, 0.3) is 0 Å². The van der Waals surface area contributed by atoms with E-state index in [9.17, 15) is 9.18 Å². The third-order valence-electron chi connectivity index (χ3n) is 1.73. The summed E-state index contributed by atoms with van der Waals surface area (Å²) in [5.41, 5.74) is 0.0917. The lowest BCUT2D eigenvalue weighted by molar-refractivity contribution is -0.142. The molecule has 78 valence electrons. The minimum atomic E-state index is -0.723. The molecule has 0 bridgehead atoms. The Balaban J connectivity index is 2.91. The Morgan fingerprint density at radius 2 is 2.40 bits per heavy atom. The van der Waals surface area contributed by atoms with Gasteiger partial charge in [0, 0.05) is 11.8 Å². The minimum Gasteiger partial charge on any atom is -0.466 e. The number of pyridine rings is 1. The highest BCUT2D eigenvalue weighted by molar-refractivity contribution is 5.73. The molecule has 0 N–H and O–H groups in total. The van der Waals surface area contributed by atoms with Crippen LogP contribution in [0.15, 0.2) is 12.4 Å². The number of nitriles is 1. The molecule has 0 amide bonds. The molecule has 5 heteroatoms. The van der Waals surface area contributed by atoms with E-state index in [4.69, 9.17) is 5.26 Å². The summed E-state index contributed by atoms with van der Waals surface area (Å²) in [6, 6.07) is 1.69. The molecule has 0 aliphatic carbocycles. The molecule has 1 rings (SSSR count). The van der Waals surface area contributed by atoms with E-state index < -0.39 is 11.8 Å². The Hall–Kier alpha value is -1.96. The van der Waals surface area contributed by atoms with E-state index >= 15 is 0 Å². The second-order valence-electron chi connectivity index (χ2n) is 2.75. The van der Waals surface area contributed by atoms with Gasteiger partial charge in [-0.05, 0) is 6.92 Å². The summed E-state index contributed by atoms with van der Waals surface area (Å²) in [5.74, 6) is -1.22. The smallest absolute Gasteiger partial charge is 0.310 e. The number of ether oxygens (including phenoxy) is 1. The highest BCUT2D eigenvalue weighted by Crippen LogP contribution is 2.11. The number of rotatable bonds is 3. The van der Waals surface area contributed by atoms with Crippen LogP contribution in [0.1, 0.15) is 18.1 Å². The number of hydrogen-bond acceptors (Lipinski definition) is 4. The summed E-state index contributed by atoms with van der Waals surface area (Å²) >= 11 is 0. The number of hydrogen-bond donors (Lipinski definition) is 0. The number of aromatic nitrogens is 1. The van der Waals surface area contributed by atoms with Crippen molar-refractivity contribution >= 4 is 5.97 Å². The molecule has 4 nitrogen and oxygen atoms in total. The van der Waals surface area contributed by atoms with Gasteiger partial charge in [-0.2, -0.15) is 5.26 Å². The SMILES string of the molecule is CCOC(=O)Cc1cncc(F)c1C#N. The Kier molecular flexibility index (Phi) is 3.75. The van der Waals surface area contributed by atoms with Gasteiger partial charge < -0.3 is 4.74 Å². The molecule has 0 aliphatic rings. The van der Waals surface area contributed by atoms with Crippen LogP contribution in [-0.4, -0.2) is 17.6 Å². The van der Waals surface area contributed by atoms with Crippen LogP contribution in [0.2, 0.25) is 0 Å². The highest BCUT2D eigenvalue weighted by Gasteiger charge is 2.12. The molecule has 0 unspecified atom stereocenters. The molecule has 15 heavy (non-hydrogen) atoms. The molecule has 0 atom stereocenters. The molecule has 0 aliphatic heterocycles. The molecule has 0 fully saturated rings. The van der Waals surface area contributed by atoms with Gasteiger partial charge in [0.05, 0.1) is 24.8 Å². The summed E-state index contributed by atoms with van der Waals surface area (Å²) < 4.78 is 17.7. The lowest BCUT2D eigenvalue weighted by Crippen LogP contribution is -2.09. The zero-order chi connectivity index (χ0) is 11.3. The minimum absolute atomic E-state index is 0.137. The largest absolute Gasteiger partial charge is 0.466 e. The average Bonchev–Trinajstić information content (AvgIpc) is 2.18. The van der Waals surface area contributed by atoms with Crippen molar-refractivity contribution < 1.29 is 13.9 Å². The van der Waals surface area contributed by atoms with Gasteiger partial charge >= 0.3 is 5.97 Å². The van der Waals surface area contributed by atoms with Crippen LogP contribution in [0.4, 0.5) is 4.39 Å². The van der Waals surface area contributed by atoms with Crippen LogP contribution in [0.25, 0.3) is 0 Å². The highest BCUT2D eigenvalue weighted by atomic mass is 19.1. The summed E-state index contributed by atoms with van der Waals surface area (Å²) in [5, 5.41) is 8.67. The maximum atomic E-state index is 13.0. The quantitative estimate of drug-likeness (QED) is 0.700. The predicted octanol–water partition coefficient (Wildman–Crippen LogP) is 1.20. The van der Waals surface area contributed by atoms with E-state index in [2.05, 4.69) is 9.72 Å². The summed E-state index contributed by atoms with van der Waals surface area (Å²) in [4.78, 5) is 14.7. The Bertz CT molecular complexity index is 412. The summed E-state index contributed by atoms with van der Waals surface area (Å²) in [6.07, 6.45) is 2.09. The van der Waals surface area contributed by atoms with Crippen LogP contribution in [0.5, 0.6) is 0 Å². The van der Waals surface area contributed by atoms with Gasteiger partial charge in [-0.25, -0.2) is 4.39 Å². The molecule has 0 spiro atoms. The Morgan fingerprint density at radius 1 is 1.67 bits per heavy atom. The van der Waals surface area contributed by atoms with Gasteiger partial charge in [-0.15, -0.1) is 0 Å². The Morgan fingerprint density at radius 3 is 3.00 bits per heavy atom. The van der Waals surface area contributed by atoms with Crippen LogP contribution in [0.3, 0.4) is 0 Å². The fourth-order valence-electron chi connectivity index (χ4n) is 1.10. The van der Waals surface area contributed by atoms with Crippen molar-refractivity contribution in [1.29, 1.82) is 5.26 Å². The van der Waals surface area contributed by atoms with Gasteiger partial charge in [-0.1, -0.05) is 0 Å². The van der Waals surface area contributed by atoms with E-state index in [1.807, 2.05) is 0 Å². The number of carbonyl (C=O) groups is 1. The number of carbonyl (C=O) groups excluding carboxylic acids is 1. The van der Waals surface area contributed by atoms with Crippen LogP contribution < -0.4 is 0 Å². The van der Waals surface area contributed by atoms with Gasteiger partial charge in [0.15, 0.2) is 5.82 Å². The van der Waals surface area contributed by atoms with Crippen molar-refractivity contribution in [2.45, 2.75) is 13.3 Å². The predicted molar refractivity (Wildman–Crippen MR) is 49.2 cm³/mol. The van der Waals surface area contributed by atoms with Crippen molar-refractivity contribution in [1.82, 2.24) is 4.98 Å². The first-order valence-electron chi connectivity index (χ1n) is 4.37. The van der Waals surface area contributed by atoms with Crippen molar-refractivity contribution in [3.05, 3.63) is 29.3 Å². The average molecular weight is 208 g/mol. The summed E-state index contributed by atoms with van der Waals surface area (Å²) in [6.45, 7) is 1.93. The zero-order valence-electron chi connectivity index (χ0n) is 8.16. The molecular weight excluding hydrogens is 199 g/mol. The second-order valence-corrected chi connectivity index (χ2v) is 2.75. The zero-order valence-corrected chi connectivity index (χ0v) is 8.16. The molecule has 0 radical (unpaired) electrons. The van der Waals surface area contributed by atoms with Crippen LogP contribution in [-0.2, 0) is 16.0 Å². The number of esters is 1. The maximum Gasteiger partial charge on any atom is 0.310 e. The van der Waals surface area contributed by atoms with Gasteiger partial charge in [0.2, 0.25) is 0 Å². The third kappa shape index (κ3) is 2.74. The first kappa shape index (κ1) is 11.1. The van der Waals surface area contributed by atoms with Crippen LogP contribution in [0, 0.1) is 17.1 Å². The second kappa shape index (κ2) is 5.05. The number of nitrogens with zero attached hydrogens (tertiary/aromatic N) is 2. The van der Waals surface area contributed by atoms with E-state index in [1.54, 1.807) is 13.0 Å². The van der Waals surface area contributed by atoms with E-state index in [0.717, 1.165) is 6.20 Å². The fraction of sp³-hybridized carbons (Fsp3) is 0.300. The van der Waals surface area contributed by atoms with Gasteiger partial charge in [-0.3, -0.25) is 9.78 Å². The third-order valence-corrected chi connectivity index (χ3v) is 1.73. The fourth-order valence-corrected chi connectivity index (χ4v) is 1.10. The lowest BCUT2D eigenvalue weighted by Gasteiger charge is -2.03.